The molecule has 0 aromatic heterocycles. The number of hydrogen-bond donors (Lipinski definition) is 2. The Balaban J connectivity index is 2.16. The molecule has 2 N–H and O–H groups in total. The van der Waals surface area contributed by atoms with E-state index in [1.54, 1.807) is 0 Å². The van der Waals surface area contributed by atoms with Gasteiger partial charge in [-0.05, 0) is 23.6 Å². The number of benzene rings is 2. The third kappa shape index (κ3) is 4.24. The number of carbonyl (C=O) groups is 1. The Morgan fingerprint density at radius 2 is 1.86 bits per heavy atom. The Kier molecular flexibility index (Phi) is 5.21. The van der Waals surface area contributed by atoms with Gasteiger partial charge in [-0.2, -0.15) is 0 Å². The lowest BCUT2D eigenvalue weighted by Crippen LogP contribution is -2.19. The first kappa shape index (κ1) is 14.9. The largest absolute Gasteiger partial charge is 0.493 e. The summed E-state index contributed by atoms with van der Waals surface area (Å²) in [5.41, 5.74) is 3.03. The maximum absolute atomic E-state index is 10.5. The van der Waals surface area contributed by atoms with Gasteiger partial charge >= 0.3 is 6.09 Å². The first-order chi connectivity index (χ1) is 10.2. The molecule has 2 rings (SSSR count). The minimum atomic E-state index is -1.02. The van der Waals surface area contributed by atoms with E-state index in [9.17, 15) is 4.79 Å². The van der Waals surface area contributed by atoms with Crippen molar-refractivity contribution in [3.05, 3.63) is 54.1 Å². The summed E-state index contributed by atoms with van der Waals surface area (Å²) >= 11 is 0. The zero-order chi connectivity index (χ0) is 15.1. The lowest BCUT2D eigenvalue weighted by molar-refractivity contribution is 0.194. The number of para-hydroxylation sites is 1. The van der Waals surface area contributed by atoms with Crippen molar-refractivity contribution in [2.24, 2.45) is 0 Å². The highest BCUT2D eigenvalue weighted by Gasteiger charge is 2.05. The molecular formula is C17H19NO3. The molecule has 21 heavy (non-hydrogen) atoms. The number of nitrogens with one attached hydrogen (secondary N) is 1. The van der Waals surface area contributed by atoms with Gasteiger partial charge in [-0.15, -0.1) is 0 Å². The van der Waals surface area contributed by atoms with Crippen molar-refractivity contribution in [1.29, 1.82) is 0 Å². The van der Waals surface area contributed by atoms with E-state index in [1.807, 2.05) is 48.5 Å². The maximum atomic E-state index is 10.5. The van der Waals surface area contributed by atoms with E-state index in [2.05, 4.69) is 12.2 Å². The molecule has 0 aliphatic carbocycles. The molecule has 0 aliphatic rings. The Morgan fingerprint density at radius 1 is 1.14 bits per heavy atom. The molecule has 0 radical (unpaired) electrons. The lowest BCUT2D eigenvalue weighted by Gasteiger charge is -2.11. The summed E-state index contributed by atoms with van der Waals surface area (Å²) < 4.78 is 5.76. The SMILES string of the molecule is CCCOc1ccccc1-c1ccc(CNC(=O)O)cc1. The van der Waals surface area contributed by atoms with Crippen LogP contribution in [0.4, 0.5) is 4.79 Å². The van der Waals surface area contributed by atoms with Gasteiger partial charge in [0, 0.05) is 12.1 Å². The Hall–Kier alpha value is -2.49. The molecule has 0 saturated heterocycles. The van der Waals surface area contributed by atoms with Crippen LogP contribution in [-0.2, 0) is 6.54 Å². The molecule has 4 heteroatoms. The maximum Gasteiger partial charge on any atom is 0.404 e. The zero-order valence-corrected chi connectivity index (χ0v) is 12.0. The van der Waals surface area contributed by atoms with Gasteiger partial charge in [0.25, 0.3) is 0 Å². The summed E-state index contributed by atoms with van der Waals surface area (Å²) in [6, 6.07) is 15.7. The Morgan fingerprint density at radius 3 is 2.52 bits per heavy atom. The van der Waals surface area contributed by atoms with E-state index < -0.39 is 6.09 Å². The fourth-order valence-corrected chi connectivity index (χ4v) is 2.02. The fourth-order valence-electron chi connectivity index (χ4n) is 2.02. The van der Waals surface area contributed by atoms with Crippen LogP contribution in [0.2, 0.25) is 0 Å². The molecule has 0 atom stereocenters. The van der Waals surface area contributed by atoms with Gasteiger partial charge in [0.15, 0.2) is 0 Å². The molecule has 110 valence electrons. The van der Waals surface area contributed by atoms with Gasteiger partial charge in [0.05, 0.1) is 6.61 Å². The Labute approximate surface area is 124 Å². The van der Waals surface area contributed by atoms with E-state index in [1.165, 1.54) is 0 Å². The number of rotatable bonds is 6. The third-order valence-corrected chi connectivity index (χ3v) is 3.06. The molecule has 0 heterocycles. The third-order valence-electron chi connectivity index (χ3n) is 3.06. The molecule has 0 saturated carbocycles. The van der Waals surface area contributed by atoms with E-state index in [0.717, 1.165) is 28.9 Å². The van der Waals surface area contributed by atoms with Gasteiger partial charge in [-0.3, -0.25) is 0 Å². The topological polar surface area (TPSA) is 58.6 Å². The molecule has 0 unspecified atom stereocenters. The van der Waals surface area contributed by atoms with E-state index in [4.69, 9.17) is 9.84 Å². The summed E-state index contributed by atoms with van der Waals surface area (Å²) in [5, 5.41) is 11.0. The average Bonchev–Trinajstić information content (AvgIpc) is 2.52. The number of carboxylic acid groups (broad SMARTS) is 1. The van der Waals surface area contributed by atoms with Crippen molar-refractivity contribution < 1.29 is 14.6 Å². The van der Waals surface area contributed by atoms with Crippen LogP contribution < -0.4 is 10.1 Å². The zero-order valence-electron chi connectivity index (χ0n) is 12.0. The van der Waals surface area contributed by atoms with Crippen LogP contribution in [0.1, 0.15) is 18.9 Å². The van der Waals surface area contributed by atoms with Crippen LogP contribution in [-0.4, -0.2) is 17.8 Å². The smallest absolute Gasteiger partial charge is 0.404 e. The monoisotopic (exact) mass is 285 g/mol. The second-order valence-electron chi connectivity index (χ2n) is 4.70. The highest BCUT2D eigenvalue weighted by atomic mass is 16.5. The normalized spacial score (nSPS) is 10.1. The van der Waals surface area contributed by atoms with Gasteiger partial charge in [0.1, 0.15) is 5.75 Å². The fraction of sp³-hybridized carbons (Fsp3) is 0.235. The predicted molar refractivity (Wildman–Crippen MR) is 82.5 cm³/mol. The van der Waals surface area contributed by atoms with Crippen molar-refractivity contribution in [3.8, 4) is 16.9 Å². The molecule has 2 aromatic rings. The quantitative estimate of drug-likeness (QED) is 0.846. The van der Waals surface area contributed by atoms with E-state index in [0.29, 0.717) is 13.2 Å². The highest BCUT2D eigenvalue weighted by molar-refractivity contribution is 5.70. The highest BCUT2D eigenvalue weighted by Crippen LogP contribution is 2.30. The summed E-state index contributed by atoms with van der Waals surface area (Å²) in [7, 11) is 0. The minimum absolute atomic E-state index is 0.309. The second-order valence-corrected chi connectivity index (χ2v) is 4.70. The molecular weight excluding hydrogens is 266 g/mol. The van der Waals surface area contributed by atoms with Crippen molar-refractivity contribution in [3.63, 3.8) is 0 Å². The standard InChI is InChI=1S/C17H19NO3/c1-2-11-21-16-6-4-3-5-15(16)14-9-7-13(8-10-14)12-18-17(19)20/h3-10,18H,2,11-12H2,1H3,(H,19,20). The number of amides is 1. The Bertz CT molecular complexity index is 593. The molecule has 4 nitrogen and oxygen atoms in total. The molecule has 1 amide bonds. The minimum Gasteiger partial charge on any atom is -0.493 e. The van der Waals surface area contributed by atoms with Crippen LogP contribution in [0.5, 0.6) is 5.75 Å². The van der Waals surface area contributed by atoms with E-state index in [-0.39, 0.29) is 0 Å². The number of ether oxygens (including phenoxy) is 1. The van der Waals surface area contributed by atoms with Crippen LogP contribution in [0.25, 0.3) is 11.1 Å². The van der Waals surface area contributed by atoms with Gasteiger partial charge in [-0.1, -0.05) is 49.4 Å². The van der Waals surface area contributed by atoms with Crippen molar-refractivity contribution in [2.75, 3.05) is 6.61 Å². The van der Waals surface area contributed by atoms with Crippen molar-refractivity contribution in [1.82, 2.24) is 5.32 Å². The summed E-state index contributed by atoms with van der Waals surface area (Å²) in [5.74, 6) is 0.871. The molecule has 0 fully saturated rings. The predicted octanol–water partition coefficient (Wildman–Crippen LogP) is 3.91. The average molecular weight is 285 g/mol. The van der Waals surface area contributed by atoms with Crippen molar-refractivity contribution in [2.45, 2.75) is 19.9 Å². The number of hydrogen-bond acceptors (Lipinski definition) is 2. The molecule has 0 aliphatic heterocycles. The van der Waals surface area contributed by atoms with Gasteiger partial charge in [0.2, 0.25) is 0 Å². The first-order valence-electron chi connectivity index (χ1n) is 6.98. The molecule has 0 spiro atoms. The summed E-state index contributed by atoms with van der Waals surface area (Å²) in [6.07, 6.45) is -0.0499. The molecule has 2 aromatic carbocycles. The summed E-state index contributed by atoms with van der Waals surface area (Å²) in [4.78, 5) is 10.5. The van der Waals surface area contributed by atoms with Crippen molar-refractivity contribution >= 4 is 6.09 Å². The second kappa shape index (κ2) is 7.33. The summed E-state index contributed by atoms with van der Waals surface area (Å²) in [6.45, 7) is 3.08. The first-order valence-corrected chi connectivity index (χ1v) is 6.98. The molecule has 0 bridgehead atoms. The lowest BCUT2D eigenvalue weighted by atomic mass is 10.0. The van der Waals surface area contributed by atoms with Gasteiger partial charge < -0.3 is 15.2 Å². The van der Waals surface area contributed by atoms with Crippen LogP contribution >= 0.6 is 0 Å². The van der Waals surface area contributed by atoms with E-state index >= 15 is 0 Å². The van der Waals surface area contributed by atoms with Crippen LogP contribution in [0, 0.1) is 0 Å². The van der Waals surface area contributed by atoms with Gasteiger partial charge in [-0.25, -0.2) is 4.79 Å². The van der Waals surface area contributed by atoms with Crippen LogP contribution in [0.15, 0.2) is 48.5 Å². The van der Waals surface area contributed by atoms with Crippen LogP contribution in [0.3, 0.4) is 0 Å².